The maximum absolute atomic E-state index is 12.3. The Kier molecular flexibility index (Phi) is 7.15. The lowest BCUT2D eigenvalue weighted by Gasteiger charge is -2.15. The van der Waals surface area contributed by atoms with Crippen molar-refractivity contribution in [3.63, 3.8) is 0 Å². The van der Waals surface area contributed by atoms with E-state index in [1.165, 1.54) is 4.90 Å². The Morgan fingerprint density at radius 2 is 1.50 bits per heavy atom. The van der Waals surface area contributed by atoms with Crippen LogP contribution in [0.15, 0.2) is 53.4 Å². The first kappa shape index (κ1) is 20.5. The number of rotatable bonds is 7. The molecule has 2 aromatic carbocycles. The van der Waals surface area contributed by atoms with Crippen molar-refractivity contribution in [2.45, 2.75) is 49.7 Å². The predicted molar refractivity (Wildman–Crippen MR) is 116 cm³/mol. The Bertz CT molecular complexity index is 794. The van der Waals surface area contributed by atoms with Crippen molar-refractivity contribution < 1.29 is 9.59 Å². The van der Waals surface area contributed by atoms with E-state index in [0.29, 0.717) is 18.1 Å². The highest BCUT2D eigenvalue weighted by Crippen LogP contribution is 2.23. The first-order valence-corrected chi connectivity index (χ1v) is 10.8. The zero-order chi connectivity index (χ0) is 19.9. The Morgan fingerprint density at radius 1 is 0.929 bits per heavy atom. The van der Waals surface area contributed by atoms with Crippen LogP contribution in [0.5, 0.6) is 0 Å². The van der Waals surface area contributed by atoms with Crippen LogP contribution in [-0.2, 0) is 22.4 Å². The highest BCUT2D eigenvalue weighted by Gasteiger charge is 2.17. The normalized spacial score (nSPS) is 13.8. The molecule has 1 N–H and O–H groups in total. The molecule has 2 amide bonds. The van der Waals surface area contributed by atoms with E-state index in [2.05, 4.69) is 31.3 Å². The third kappa shape index (κ3) is 6.13. The first-order chi connectivity index (χ1) is 13.5. The third-order valence-corrected chi connectivity index (χ3v) is 5.73. The zero-order valence-electron chi connectivity index (χ0n) is 16.6. The molecule has 5 heteroatoms. The number of thioether (sulfide) groups is 1. The fraction of sp³-hybridized carbons (Fsp3) is 0.391. The molecular weight excluding hydrogens is 368 g/mol. The second-order valence-corrected chi connectivity index (χ2v) is 9.15. The Balaban J connectivity index is 1.49. The lowest BCUT2D eigenvalue weighted by molar-refractivity contribution is -0.129. The molecule has 3 rings (SSSR count). The second kappa shape index (κ2) is 9.78. The van der Waals surface area contributed by atoms with Crippen LogP contribution in [0.4, 0.5) is 5.69 Å². The number of anilines is 1. The van der Waals surface area contributed by atoms with Gasteiger partial charge in [0, 0.05) is 28.9 Å². The van der Waals surface area contributed by atoms with Gasteiger partial charge in [-0.15, -0.1) is 11.8 Å². The lowest BCUT2D eigenvalue weighted by Crippen LogP contribution is -2.29. The van der Waals surface area contributed by atoms with E-state index in [4.69, 9.17) is 0 Å². The molecule has 28 heavy (non-hydrogen) atoms. The molecule has 1 saturated heterocycles. The quantitative estimate of drug-likeness (QED) is 0.700. The summed E-state index contributed by atoms with van der Waals surface area (Å²) in [4.78, 5) is 27.7. The number of hydrogen-bond donors (Lipinski definition) is 1. The van der Waals surface area contributed by atoms with Gasteiger partial charge in [-0.25, -0.2) is 0 Å². The number of carbonyl (C=O) groups excluding carboxylic acids is 2. The maximum Gasteiger partial charge on any atom is 0.228 e. The van der Waals surface area contributed by atoms with Crippen molar-refractivity contribution in [3.05, 3.63) is 59.7 Å². The van der Waals surface area contributed by atoms with Gasteiger partial charge >= 0.3 is 0 Å². The summed E-state index contributed by atoms with van der Waals surface area (Å²) in [6, 6.07) is 15.7. The molecule has 0 saturated carbocycles. The van der Waals surface area contributed by atoms with Gasteiger partial charge in [0.25, 0.3) is 0 Å². The van der Waals surface area contributed by atoms with Gasteiger partial charge in [-0.3, -0.25) is 9.59 Å². The standard InChI is InChI=1S/C23H28N2O2S/c1-17(2)28-21-11-7-18(8-12-21)15-22(26)24-20-9-5-19(6-10-20)16-23(27)25-13-3-4-14-25/h5-12,17H,3-4,13-16H2,1-2H3,(H,24,26). The van der Waals surface area contributed by atoms with Crippen LogP contribution in [0, 0.1) is 0 Å². The number of benzene rings is 2. The summed E-state index contributed by atoms with van der Waals surface area (Å²) in [5, 5.41) is 3.48. The van der Waals surface area contributed by atoms with E-state index in [1.54, 1.807) is 0 Å². The summed E-state index contributed by atoms with van der Waals surface area (Å²) in [6.07, 6.45) is 2.99. The van der Waals surface area contributed by atoms with E-state index < -0.39 is 0 Å². The van der Waals surface area contributed by atoms with Gasteiger partial charge < -0.3 is 10.2 Å². The van der Waals surface area contributed by atoms with Crippen LogP contribution in [0.1, 0.15) is 37.8 Å². The number of nitrogens with zero attached hydrogens (tertiary/aromatic N) is 1. The summed E-state index contributed by atoms with van der Waals surface area (Å²) in [5.74, 6) is 0.151. The fourth-order valence-electron chi connectivity index (χ4n) is 3.31. The van der Waals surface area contributed by atoms with Crippen LogP contribution in [-0.4, -0.2) is 35.1 Å². The van der Waals surface area contributed by atoms with Gasteiger partial charge in [-0.05, 0) is 48.2 Å². The maximum atomic E-state index is 12.3. The molecule has 0 bridgehead atoms. The van der Waals surface area contributed by atoms with Crippen molar-refractivity contribution in [2.24, 2.45) is 0 Å². The average Bonchev–Trinajstić information content (AvgIpc) is 3.19. The van der Waals surface area contributed by atoms with E-state index >= 15 is 0 Å². The highest BCUT2D eigenvalue weighted by atomic mass is 32.2. The van der Waals surface area contributed by atoms with Crippen molar-refractivity contribution >= 4 is 29.3 Å². The summed E-state index contributed by atoms with van der Waals surface area (Å²) in [7, 11) is 0. The van der Waals surface area contributed by atoms with E-state index in [-0.39, 0.29) is 11.8 Å². The van der Waals surface area contributed by atoms with Crippen molar-refractivity contribution in [1.82, 2.24) is 4.90 Å². The van der Waals surface area contributed by atoms with Crippen molar-refractivity contribution in [3.8, 4) is 0 Å². The number of nitrogens with one attached hydrogen (secondary N) is 1. The van der Waals surface area contributed by atoms with Gasteiger partial charge in [-0.2, -0.15) is 0 Å². The third-order valence-electron chi connectivity index (χ3n) is 4.71. The smallest absolute Gasteiger partial charge is 0.228 e. The van der Waals surface area contributed by atoms with E-state index in [1.807, 2.05) is 53.1 Å². The predicted octanol–water partition coefficient (Wildman–Crippen LogP) is 4.53. The van der Waals surface area contributed by atoms with Gasteiger partial charge in [0.1, 0.15) is 0 Å². The van der Waals surface area contributed by atoms with E-state index in [0.717, 1.165) is 42.7 Å². The number of carbonyl (C=O) groups is 2. The lowest BCUT2D eigenvalue weighted by atomic mass is 10.1. The van der Waals surface area contributed by atoms with Gasteiger partial charge in [0.2, 0.25) is 11.8 Å². The summed E-state index contributed by atoms with van der Waals surface area (Å²) < 4.78 is 0. The van der Waals surface area contributed by atoms with Crippen molar-refractivity contribution in [2.75, 3.05) is 18.4 Å². The molecule has 0 radical (unpaired) electrons. The highest BCUT2D eigenvalue weighted by molar-refractivity contribution is 7.99. The number of amides is 2. The molecular formula is C23H28N2O2S. The first-order valence-electron chi connectivity index (χ1n) is 9.92. The Morgan fingerprint density at radius 3 is 2.11 bits per heavy atom. The van der Waals surface area contributed by atoms with Crippen LogP contribution >= 0.6 is 11.8 Å². The van der Waals surface area contributed by atoms with Crippen molar-refractivity contribution in [1.29, 1.82) is 0 Å². The zero-order valence-corrected chi connectivity index (χ0v) is 17.4. The van der Waals surface area contributed by atoms with Crippen LogP contribution in [0.3, 0.4) is 0 Å². The van der Waals surface area contributed by atoms with Gasteiger partial charge in [-0.1, -0.05) is 38.1 Å². The molecule has 1 aliphatic rings. The minimum absolute atomic E-state index is 0.0369. The summed E-state index contributed by atoms with van der Waals surface area (Å²) in [6.45, 7) is 6.09. The molecule has 0 spiro atoms. The van der Waals surface area contributed by atoms with Crippen LogP contribution < -0.4 is 5.32 Å². The molecule has 4 nitrogen and oxygen atoms in total. The van der Waals surface area contributed by atoms with E-state index in [9.17, 15) is 9.59 Å². The molecule has 0 aliphatic carbocycles. The molecule has 2 aromatic rings. The number of likely N-dealkylation sites (tertiary alicyclic amines) is 1. The largest absolute Gasteiger partial charge is 0.342 e. The molecule has 1 heterocycles. The second-order valence-electron chi connectivity index (χ2n) is 7.50. The SMILES string of the molecule is CC(C)Sc1ccc(CC(=O)Nc2ccc(CC(=O)N3CCCC3)cc2)cc1. The molecule has 0 unspecified atom stereocenters. The summed E-state index contributed by atoms with van der Waals surface area (Å²) >= 11 is 1.81. The van der Waals surface area contributed by atoms with Crippen LogP contribution in [0.25, 0.3) is 0 Å². The molecule has 0 atom stereocenters. The monoisotopic (exact) mass is 396 g/mol. The Labute approximate surface area is 171 Å². The van der Waals surface area contributed by atoms with Crippen LogP contribution in [0.2, 0.25) is 0 Å². The minimum atomic E-state index is -0.0369. The molecule has 1 aliphatic heterocycles. The molecule has 148 valence electrons. The number of hydrogen-bond acceptors (Lipinski definition) is 3. The van der Waals surface area contributed by atoms with Gasteiger partial charge in [0.05, 0.1) is 12.8 Å². The molecule has 1 fully saturated rings. The topological polar surface area (TPSA) is 49.4 Å². The molecule has 0 aromatic heterocycles. The fourth-order valence-corrected chi connectivity index (χ4v) is 4.15. The van der Waals surface area contributed by atoms with Gasteiger partial charge in [0.15, 0.2) is 0 Å². The summed E-state index contributed by atoms with van der Waals surface area (Å²) in [5.41, 5.74) is 2.74. The average molecular weight is 397 g/mol. The Hall–Kier alpha value is -2.27. The minimum Gasteiger partial charge on any atom is -0.342 e.